The fraction of sp³-hybridized carbons (Fsp3) is 0.292. The van der Waals surface area contributed by atoms with Crippen molar-refractivity contribution in [2.75, 3.05) is 13.2 Å². The number of aryl methyl sites for hydroxylation is 1. The summed E-state index contributed by atoms with van der Waals surface area (Å²) in [4.78, 5) is 29.3. The van der Waals surface area contributed by atoms with Gasteiger partial charge in [0.15, 0.2) is 0 Å². The molecule has 1 unspecified atom stereocenters. The summed E-state index contributed by atoms with van der Waals surface area (Å²) in [6, 6.07) is 19.2. The average Bonchev–Trinajstić information content (AvgIpc) is 3.12. The molecule has 0 bridgehead atoms. The van der Waals surface area contributed by atoms with E-state index >= 15 is 0 Å². The quantitative estimate of drug-likeness (QED) is 0.548. The van der Waals surface area contributed by atoms with Gasteiger partial charge in [-0.15, -0.1) is 0 Å². The summed E-state index contributed by atoms with van der Waals surface area (Å²) in [7, 11) is 0. The molecule has 6 nitrogen and oxygen atoms in total. The van der Waals surface area contributed by atoms with E-state index in [9.17, 15) is 9.59 Å². The van der Waals surface area contributed by atoms with Gasteiger partial charge in [-0.1, -0.05) is 48.5 Å². The number of nitrogens with one attached hydrogen (secondary N) is 1. The van der Waals surface area contributed by atoms with Crippen molar-refractivity contribution in [3.63, 3.8) is 0 Å². The van der Waals surface area contributed by atoms with Gasteiger partial charge in [-0.2, -0.15) is 0 Å². The third-order valence-corrected chi connectivity index (χ3v) is 4.73. The Hall–Kier alpha value is -3.41. The fourth-order valence-electron chi connectivity index (χ4n) is 3.15. The van der Waals surface area contributed by atoms with E-state index in [1.807, 2.05) is 60.7 Å². The predicted molar refractivity (Wildman–Crippen MR) is 114 cm³/mol. The molecular formula is C24H26N2O4. The maximum absolute atomic E-state index is 12.5. The van der Waals surface area contributed by atoms with Gasteiger partial charge in [0.2, 0.25) is 11.8 Å². The molecule has 1 N–H and O–H groups in total. The van der Waals surface area contributed by atoms with Crippen molar-refractivity contribution >= 4 is 11.9 Å². The Labute approximate surface area is 176 Å². The third kappa shape index (κ3) is 5.80. The number of aromatic nitrogens is 1. The highest BCUT2D eigenvalue weighted by atomic mass is 16.5. The van der Waals surface area contributed by atoms with Crippen LogP contribution in [0.1, 0.15) is 23.9 Å². The molecule has 0 aliphatic heterocycles. The van der Waals surface area contributed by atoms with Crippen LogP contribution < -0.4 is 5.32 Å². The Bertz CT molecular complexity index is 967. The number of rotatable bonds is 9. The van der Waals surface area contributed by atoms with Crippen LogP contribution in [0.25, 0.3) is 11.5 Å². The lowest BCUT2D eigenvalue weighted by atomic mass is 9.99. The number of hydrogen-bond donors (Lipinski definition) is 1. The van der Waals surface area contributed by atoms with Crippen LogP contribution in [0.5, 0.6) is 0 Å². The molecule has 30 heavy (non-hydrogen) atoms. The Morgan fingerprint density at radius 3 is 2.40 bits per heavy atom. The van der Waals surface area contributed by atoms with Gasteiger partial charge in [-0.3, -0.25) is 9.59 Å². The van der Waals surface area contributed by atoms with E-state index in [0.29, 0.717) is 30.4 Å². The van der Waals surface area contributed by atoms with Gasteiger partial charge in [0, 0.05) is 12.1 Å². The number of esters is 1. The summed E-state index contributed by atoms with van der Waals surface area (Å²) in [5, 5.41) is 2.85. The van der Waals surface area contributed by atoms with Crippen molar-refractivity contribution in [3.05, 3.63) is 77.7 Å². The zero-order valence-corrected chi connectivity index (χ0v) is 17.3. The van der Waals surface area contributed by atoms with E-state index in [0.717, 1.165) is 11.1 Å². The van der Waals surface area contributed by atoms with Gasteiger partial charge in [0.1, 0.15) is 5.76 Å². The largest absolute Gasteiger partial charge is 0.466 e. The highest BCUT2D eigenvalue weighted by Gasteiger charge is 2.22. The molecule has 0 saturated carbocycles. The van der Waals surface area contributed by atoms with Crippen LogP contribution in [-0.4, -0.2) is 30.0 Å². The van der Waals surface area contributed by atoms with Crippen molar-refractivity contribution in [2.45, 2.75) is 26.7 Å². The molecule has 1 heterocycles. The van der Waals surface area contributed by atoms with Gasteiger partial charge in [-0.25, -0.2) is 4.98 Å². The maximum Gasteiger partial charge on any atom is 0.311 e. The van der Waals surface area contributed by atoms with Gasteiger partial charge in [-0.05, 0) is 38.0 Å². The number of nitrogens with zero attached hydrogens (tertiary/aromatic N) is 1. The van der Waals surface area contributed by atoms with Gasteiger partial charge < -0.3 is 14.5 Å². The lowest BCUT2D eigenvalue weighted by Gasteiger charge is -2.16. The molecule has 3 aromatic rings. The second-order valence-corrected chi connectivity index (χ2v) is 7.01. The van der Waals surface area contributed by atoms with Crippen LogP contribution in [0, 0.1) is 12.8 Å². The zero-order chi connectivity index (χ0) is 21.3. The Morgan fingerprint density at radius 2 is 1.73 bits per heavy atom. The Morgan fingerprint density at radius 1 is 1.07 bits per heavy atom. The van der Waals surface area contributed by atoms with E-state index in [2.05, 4.69) is 10.3 Å². The molecule has 1 aromatic heterocycles. The van der Waals surface area contributed by atoms with Crippen LogP contribution >= 0.6 is 0 Å². The highest BCUT2D eigenvalue weighted by Crippen LogP contribution is 2.21. The minimum Gasteiger partial charge on any atom is -0.466 e. The van der Waals surface area contributed by atoms with E-state index in [4.69, 9.17) is 9.15 Å². The number of carbonyl (C=O) groups excluding carboxylic acids is 2. The molecule has 0 saturated heterocycles. The first-order chi connectivity index (χ1) is 14.6. The Kier molecular flexibility index (Phi) is 7.38. The fourth-order valence-corrected chi connectivity index (χ4v) is 3.15. The number of hydrogen-bond acceptors (Lipinski definition) is 5. The van der Waals surface area contributed by atoms with Crippen molar-refractivity contribution in [2.24, 2.45) is 5.92 Å². The summed E-state index contributed by atoms with van der Waals surface area (Å²) in [6.45, 7) is 4.07. The smallest absolute Gasteiger partial charge is 0.311 e. The molecule has 0 spiro atoms. The minimum atomic E-state index is -0.449. The number of oxazole rings is 1. The van der Waals surface area contributed by atoms with E-state index in [-0.39, 0.29) is 24.8 Å². The highest BCUT2D eigenvalue weighted by molar-refractivity contribution is 5.80. The second kappa shape index (κ2) is 10.4. The first-order valence-electron chi connectivity index (χ1n) is 10.1. The Balaban J connectivity index is 1.61. The van der Waals surface area contributed by atoms with Crippen molar-refractivity contribution in [1.29, 1.82) is 0 Å². The van der Waals surface area contributed by atoms with Crippen molar-refractivity contribution in [1.82, 2.24) is 10.3 Å². The summed E-state index contributed by atoms with van der Waals surface area (Å²) >= 11 is 0. The van der Waals surface area contributed by atoms with Crippen molar-refractivity contribution < 1.29 is 18.7 Å². The van der Waals surface area contributed by atoms with Crippen LogP contribution in [0.4, 0.5) is 0 Å². The predicted octanol–water partition coefficient (Wildman–Crippen LogP) is 3.73. The summed E-state index contributed by atoms with van der Waals surface area (Å²) < 4.78 is 10.9. The lowest BCUT2D eigenvalue weighted by Crippen LogP contribution is -2.36. The van der Waals surface area contributed by atoms with Crippen LogP contribution in [0.3, 0.4) is 0 Å². The van der Waals surface area contributed by atoms with Crippen LogP contribution in [0.15, 0.2) is 65.1 Å². The molecule has 0 radical (unpaired) electrons. The van der Waals surface area contributed by atoms with E-state index in [1.165, 1.54) is 0 Å². The average molecular weight is 406 g/mol. The standard InChI is InChI=1S/C24H26N2O4/c1-3-29-24(28)20(14-18-10-6-4-7-11-18)16-25-22(27)15-21-17(2)30-23(26-21)19-12-8-5-9-13-19/h4-13,20H,3,14-16H2,1-2H3,(H,25,27). The molecule has 0 fully saturated rings. The molecule has 156 valence electrons. The topological polar surface area (TPSA) is 81.4 Å². The van der Waals surface area contributed by atoms with Gasteiger partial charge >= 0.3 is 5.97 Å². The molecular weight excluding hydrogens is 380 g/mol. The number of ether oxygens (including phenoxy) is 1. The summed E-state index contributed by atoms with van der Waals surface area (Å²) in [6.07, 6.45) is 0.587. The molecule has 1 amide bonds. The normalized spacial score (nSPS) is 11.7. The number of carbonyl (C=O) groups is 2. The molecule has 0 aliphatic rings. The van der Waals surface area contributed by atoms with Crippen LogP contribution in [0.2, 0.25) is 0 Å². The zero-order valence-electron chi connectivity index (χ0n) is 17.3. The van der Waals surface area contributed by atoms with Gasteiger partial charge in [0.25, 0.3) is 0 Å². The van der Waals surface area contributed by atoms with E-state index < -0.39 is 5.92 Å². The van der Waals surface area contributed by atoms with Gasteiger partial charge in [0.05, 0.1) is 24.6 Å². The minimum absolute atomic E-state index is 0.0864. The summed E-state index contributed by atoms with van der Waals surface area (Å²) in [5.74, 6) is 0.119. The molecule has 1 atom stereocenters. The summed E-state index contributed by atoms with van der Waals surface area (Å²) in [5.41, 5.74) is 2.46. The lowest BCUT2D eigenvalue weighted by molar-refractivity contribution is -0.147. The van der Waals surface area contributed by atoms with E-state index in [1.54, 1.807) is 13.8 Å². The third-order valence-electron chi connectivity index (χ3n) is 4.73. The maximum atomic E-state index is 12.5. The van der Waals surface area contributed by atoms with Crippen molar-refractivity contribution in [3.8, 4) is 11.5 Å². The molecule has 0 aliphatic carbocycles. The number of benzene rings is 2. The molecule has 3 rings (SSSR count). The molecule has 6 heteroatoms. The first-order valence-corrected chi connectivity index (χ1v) is 10.1. The number of amides is 1. The first kappa shape index (κ1) is 21.3. The van der Waals surface area contributed by atoms with Crippen LogP contribution in [-0.2, 0) is 27.2 Å². The second-order valence-electron chi connectivity index (χ2n) is 7.01. The SMILES string of the molecule is CCOC(=O)C(CNC(=O)Cc1nc(-c2ccccc2)oc1C)Cc1ccccc1. The molecule has 2 aromatic carbocycles. The monoisotopic (exact) mass is 406 g/mol.